The highest BCUT2D eigenvalue weighted by Crippen LogP contribution is 2.33. The first-order chi connectivity index (χ1) is 13.3. The molecule has 8 heteroatoms. The number of esters is 1. The summed E-state index contributed by atoms with van der Waals surface area (Å²) in [5, 5.41) is 2.74. The van der Waals surface area contributed by atoms with Gasteiger partial charge in [-0.3, -0.25) is 9.59 Å². The first kappa shape index (κ1) is 19.6. The van der Waals surface area contributed by atoms with Gasteiger partial charge >= 0.3 is 5.97 Å². The van der Waals surface area contributed by atoms with Gasteiger partial charge in [0.2, 0.25) is 11.7 Å². The predicted molar refractivity (Wildman–Crippen MR) is 102 cm³/mol. The number of carbonyl (C=O) groups is 3. The van der Waals surface area contributed by atoms with Crippen molar-refractivity contribution < 1.29 is 27.9 Å². The molecule has 3 rings (SSSR count). The fourth-order valence-corrected chi connectivity index (χ4v) is 3.86. The van der Waals surface area contributed by atoms with Crippen LogP contribution in [0.5, 0.6) is 0 Å². The molecule has 0 aliphatic heterocycles. The molecule has 28 heavy (non-hydrogen) atoms. The molecule has 5 nitrogen and oxygen atoms in total. The van der Waals surface area contributed by atoms with Crippen LogP contribution in [0, 0.1) is 18.6 Å². The zero-order valence-electron chi connectivity index (χ0n) is 15.0. The van der Waals surface area contributed by atoms with E-state index in [0.29, 0.717) is 15.6 Å². The zero-order valence-corrected chi connectivity index (χ0v) is 15.8. The van der Waals surface area contributed by atoms with Crippen molar-refractivity contribution in [2.45, 2.75) is 13.8 Å². The molecule has 1 amide bonds. The van der Waals surface area contributed by atoms with Crippen molar-refractivity contribution in [3.8, 4) is 0 Å². The Balaban J connectivity index is 1.73. The van der Waals surface area contributed by atoms with Gasteiger partial charge in [0.15, 0.2) is 6.61 Å². The van der Waals surface area contributed by atoms with Gasteiger partial charge in [-0.15, -0.1) is 11.3 Å². The highest BCUT2D eigenvalue weighted by Gasteiger charge is 2.21. The summed E-state index contributed by atoms with van der Waals surface area (Å²) in [6.07, 6.45) is 0. The summed E-state index contributed by atoms with van der Waals surface area (Å²) < 4.78 is 33.6. The highest BCUT2D eigenvalue weighted by molar-refractivity contribution is 7.21. The fourth-order valence-electron chi connectivity index (χ4n) is 2.74. The second-order valence-electron chi connectivity index (χ2n) is 6.04. The number of thiophene rings is 1. The van der Waals surface area contributed by atoms with Crippen LogP contribution in [-0.4, -0.2) is 24.3 Å². The van der Waals surface area contributed by atoms with E-state index in [4.69, 9.17) is 4.74 Å². The molecule has 0 saturated carbocycles. The first-order valence-corrected chi connectivity index (χ1v) is 9.04. The highest BCUT2D eigenvalue weighted by atomic mass is 32.1. The maximum atomic E-state index is 14.1. The van der Waals surface area contributed by atoms with Crippen LogP contribution >= 0.6 is 11.3 Å². The van der Waals surface area contributed by atoms with Gasteiger partial charge in [-0.25, -0.2) is 13.6 Å². The molecular weight excluding hydrogens is 388 g/mol. The minimum atomic E-state index is -0.840. The second-order valence-corrected chi connectivity index (χ2v) is 7.10. The van der Waals surface area contributed by atoms with Gasteiger partial charge in [0.05, 0.1) is 5.56 Å². The van der Waals surface area contributed by atoms with E-state index in [1.54, 1.807) is 19.1 Å². The molecule has 1 N–H and O–H groups in total. The number of anilines is 1. The summed E-state index contributed by atoms with van der Waals surface area (Å²) in [4.78, 5) is 35.7. The number of ether oxygens (including phenoxy) is 1. The molecule has 0 atom stereocenters. The third-order valence-corrected chi connectivity index (χ3v) is 5.25. The largest absolute Gasteiger partial charge is 0.453 e. The molecule has 144 valence electrons. The molecule has 3 aromatic rings. The first-order valence-electron chi connectivity index (χ1n) is 8.23. The molecule has 0 unspecified atom stereocenters. The Morgan fingerprint density at radius 1 is 1.11 bits per heavy atom. The minimum Gasteiger partial charge on any atom is -0.453 e. The van der Waals surface area contributed by atoms with Crippen LogP contribution in [0.4, 0.5) is 14.5 Å². The minimum absolute atomic E-state index is 0.189. The fraction of sp³-hybridized carbons (Fsp3) is 0.150. The van der Waals surface area contributed by atoms with Gasteiger partial charge in [0.1, 0.15) is 16.5 Å². The Kier molecular flexibility index (Phi) is 5.51. The van der Waals surface area contributed by atoms with Crippen molar-refractivity contribution in [2.24, 2.45) is 0 Å². The second kappa shape index (κ2) is 7.85. The van der Waals surface area contributed by atoms with Gasteiger partial charge < -0.3 is 10.1 Å². The predicted octanol–water partition coefficient (Wildman–Crippen LogP) is 4.49. The third-order valence-electron chi connectivity index (χ3n) is 4.01. The van der Waals surface area contributed by atoms with E-state index >= 15 is 0 Å². The monoisotopic (exact) mass is 403 g/mol. The summed E-state index contributed by atoms with van der Waals surface area (Å²) in [6.45, 7) is 2.21. The Labute approximate surface area is 162 Å². The Morgan fingerprint density at radius 3 is 2.50 bits per heavy atom. The van der Waals surface area contributed by atoms with Gasteiger partial charge in [-0.2, -0.15) is 0 Å². The molecule has 1 aromatic heterocycles. The summed E-state index contributed by atoms with van der Waals surface area (Å²) >= 11 is 1.06. The number of carbonyl (C=O) groups excluding carboxylic acids is 3. The summed E-state index contributed by atoms with van der Waals surface area (Å²) in [6, 6.07) is 8.11. The van der Waals surface area contributed by atoms with Crippen molar-refractivity contribution in [3.05, 3.63) is 64.0 Å². The lowest BCUT2D eigenvalue weighted by Gasteiger charge is -2.07. The Morgan fingerprint density at radius 2 is 1.86 bits per heavy atom. The number of halogens is 2. The standard InChI is InChI=1S/C20H15F2NO4S/c1-10-18-14(21)4-3-5-17(18)28-19(10)20(26)27-9-16(25)13-7-6-12(8-15(13)22)23-11(2)24/h3-8H,9H2,1-2H3,(H,23,24). The van der Waals surface area contributed by atoms with Crippen molar-refractivity contribution >= 4 is 44.8 Å². The van der Waals surface area contributed by atoms with Gasteiger partial charge in [0.25, 0.3) is 0 Å². The van der Waals surface area contributed by atoms with Crippen LogP contribution in [0.15, 0.2) is 36.4 Å². The number of aryl methyl sites for hydroxylation is 1. The van der Waals surface area contributed by atoms with Crippen molar-refractivity contribution in [3.63, 3.8) is 0 Å². The normalized spacial score (nSPS) is 10.7. The average molecular weight is 403 g/mol. The molecule has 0 aliphatic rings. The Bertz CT molecular complexity index is 1110. The van der Waals surface area contributed by atoms with E-state index in [0.717, 1.165) is 17.4 Å². The average Bonchev–Trinajstić information content (AvgIpc) is 2.97. The summed E-state index contributed by atoms with van der Waals surface area (Å²) in [5.74, 6) is -3.16. The van der Waals surface area contributed by atoms with Crippen LogP contribution in [0.3, 0.4) is 0 Å². The molecule has 0 bridgehead atoms. The third kappa shape index (κ3) is 3.91. The number of ketones is 1. The van der Waals surface area contributed by atoms with Crippen molar-refractivity contribution in [2.75, 3.05) is 11.9 Å². The molecule has 0 spiro atoms. The molecule has 2 aromatic carbocycles. The summed E-state index contributed by atoms with van der Waals surface area (Å²) in [5.41, 5.74) is 0.379. The number of nitrogens with one attached hydrogen (secondary N) is 1. The number of Topliss-reactive ketones (excluding diaryl/α,β-unsaturated/α-hetero) is 1. The number of benzene rings is 2. The number of hydrogen-bond donors (Lipinski definition) is 1. The number of fused-ring (bicyclic) bond motifs is 1. The van der Waals surface area contributed by atoms with Crippen LogP contribution in [0.1, 0.15) is 32.5 Å². The molecule has 0 aliphatic carbocycles. The van der Waals surface area contributed by atoms with E-state index in [1.165, 1.54) is 25.1 Å². The number of amides is 1. The molecule has 0 fully saturated rings. The zero-order chi connectivity index (χ0) is 20.4. The Hall–Kier alpha value is -3.13. The number of rotatable bonds is 5. The molecular formula is C20H15F2NO4S. The molecule has 0 radical (unpaired) electrons. The van der Waals surface area contributed by atoms with E-state index in [2.05, 4.69) is 5.32 Å². The lowest BCUT2D eigenvalue weighted by atomic mass is 10.1. The topological polar surface area (TPSA) is 72.5 Å². The van der Waals surface area contributed by atoms with Crippen LogP contribution < -0.4 is 5.32 Å². The van der Waals surface area contributed by atoms with Gasteiger partial charge in [-0.05, 0) is 42.8 Å². The van der Waals surface area contributed by atoms with Gasteiger partial charge in [0, 0.05) is 22.7 Å². The van der Waals surface area contributed by atoms with Crippen molar-refractivity contribution in [1.82, 2.24) is 0 Å². The quantitative estimate of drug-likeness (QED) is 0.503. The SMILES string of the molecule is CC(=O)Nc1ccc(C(=O)COC(=O)c2sc3cccc(F)c3c2C)c(F)c1. The van der Waals surface area contributed by atoms with E-state index < -0.39 is 30.0 Å². The van der Waals surface area contributed by atoms with E-state index in [-0.39, 0.29) is 22.0 Å². The van der Waals surface area contributed by atoms with Gasteiger partial charge in [-0.1, -0.05) is 6.07 Å². The molecule has 1 heterocycles. The van der Waals surface area contributed by atoms with Crippen LogP contribution in [-0.2, 0) is 9.53 Å². The van der Waals surface area contributed by atoms with E-state index in [9.17, 15) is 23.2 Å². The molecule has 0 saturated heterocycles. The smallest absolute Gasteiger partial charge is 0.349 e. The maximum absolute atomic E-state index is 14.1. The van der Waals surface area contributed by atoms with Crippen LogP contribution in [0.25, 0.3) is 10.1 Å². The van der Waals surface area contributed by atoms with E-state index in [1.807, 2.05) is 0 Å². The van der Waals surface area contributed by atoms with Crippen molar-refractivity contribution in [1.29, 1.82) is 0 Å². The maximum Gasteiger partial charge on any atom is 0.349 e. The lowest BCUT2D eigenvalue weighted by Crippen LogP contribution is -2.15. The van der Waals surface area contributed by atoms with Crippen LogP contribution in [0.2, 0.25) is 0 Å². The summed E-state index contributed by atoms with van der Waals surface area (Å²) in [7, 11) is 0. The lowest BCUT2D eigenvalue weighted by molar-refractivity contribution is -0.114. The number of hydrogen-bond acceptors (Lipinski definition) is 5.